The van der Waals surface area contributed by atoms with Gasteiger partial charge in [0.1, 0.15) is 11.6 Å². The van der Waals surface area contributed by atoms with Crippen molar-refractivity contribution in [2.24, 2.45) is 5.73 Å². The van der Waals surface area contributed by atoms with Crippen molar-refractivity contribution in [2.75, 3.05) is 19.4 Å². The maximum Gasteiger partial charge on any atom is 0.123 e. The summed E-state index contributed by atoms with van der Waals surface area (Å²) < 4.78 is 18.0. The molecule has 0 unspecified atom stereocenters. The fourth-order valence-electron chi connectivity index (χ4n) is 1.13. The summed E-state index contributed by atoms with van der Waals surface area (Å²) in [7, 11) is 1.59. The first-order valence-corrected chi connectivity index (χ1v) is 5.53. The predicted molar refractivity (Wildman–Crippen MR) is 58.2 cm³/mol. The highest BCUT2D eigenvalue weighted by Crippen LogP contribution is 2.23. The van der Waals surface area contributed by atoms with E-state index in [2.05, 4.69) is 0 Å². The van der Waals surface area contributed by atoms with Gasteiger partial charge in [0.2, 0.25) is 0 Å². The van der Waals surface area contributed by atoms with E-state index in [9.17, 15) is 4.39 Å². The van der Waals surface area contributed by atoms with Gasteiger partial charge >= 0.3 is 0 Å². The standard InChI is InChI=1S/C10H14FNOS/c1-13-10-3-2-9(11)6-8(10)7-14-5-4-12/h2-3,6H,4-5,7,12H2,1H3. The van der Waals surface area contributed by atoms with Gasteiger partial charge in [-0.1, -0.05) is 0 Å². The van der Waals surface area contributed by atoms with Crippen LogP contribution in [-0.4, -0.2) is 19.4 Å². The maximum atomic E-state index is 12.9. The van der Waals surface area contributed by atoms with E-state index in [4.69, 9.17) is 10.5 Å². The number of hydrogen-bond donors (Lipinski definition) is 1. The van der Waals surface area contributed by atoms with E-state index >= 15 is 0 Å². The Labute approximate surface area is 87.6 Å². The number of hydrogen-bond acceptors (Lipinski definition) is 3. The van der Waals surface area contributed by atoms with Gasteiger partial charge in [-0.2, -0.15) is 11.8 Å². The van der Waals surface area contributed by atoms with Gasteiger partial charge in [-0.25, -0.2) is 4.39 Å². The normalized spacial score (nSPS) is 10.2. The molecular formula is C10H14FNOS. The monoisotopic (exact) mass is 215 g/mol. The van der Waals surface area contributed by atoms with Crippen molar-refractivity contribution in [3.63, 3.8) is 0 Å². The molecule has 0 saturated carbocycles. The molecule has 0 fully saturated rings. The van der Waals surface area contributed by atoms with Gasteiger partial charge in [-0.3, -0.25) is 0 Å². The Morgan fingerprint density at radius 3 is 2.93 bits per heavy atom. The van der Waals surface area contributed by atoms with E-state index < -0.39 is 0 Å². The second kappa shape index (κ2) is 5.88. The highest BCUT2D eigenvalue weighted by molar-refractivity contribution is 7.98. The molecule has 1 rings (SSSR count). The Balaban J connectivity index is 2.67. The van der Waals surface area contributed by atoms with Crippen LogP contribution in [0.3, 0.4) is 0 Å². The minimum absolute atomic E-state index is 0.228. The van der Waals surface area contributed by atoms with E-state index in [1.807, 2.05) is 0 Å². The van der Waals surface area contributed by atoms with Gasteiger partial charge in [0, 0.05) is 23.6 Å². The summed E-state index contributed by atoms with van der Waals surface area (Å²) >= 11 is 1.67. The van der Waals surface area contributed by atoms with Crippen LogP contribution in [0.4, 0.5) is 4.39 Å². The molecule has 2 nitrogen and oxygen atoms in total. The Hall–Kier alpha value is -0.740. The van der Waals surface area contributed by atoms with E-state index in [0.29, 0.717) is 6.54 Å². The first-order valence-electron chi connectivity index (χ1n) is 4.38. The van der Waals surface area contributed by atoms with Crippen LogP contribution < -0.4 is 10.5 Å². The summed E-state index contributed by atoms with van der Waals surface area (Å²) in [4.78, 5) is 0. The summed E-state index contributed by atoms with van der Waals surface area (Å²) in [6, 6.07) is 4.55. The molecular weight excluding hydrogens is 201 g/mol. The Morgan fingerprint density at radius 1 is 1.50 bits per heavy atom. The molecule has 0 heterocycles. The molecule has 2 N–H and O–H groups in total. The smallest absolute Gasteiger partial charge is 0.123 e. The zero-order chi connectivity index (χ0) is 10.4. The van der Waals surface area contributed by atoms with Crippen LogP contribution in [0.1, 0.15) is 5.56 Å². The third kappa shape index (κ3) is 3.20. The van der Waals surface area contributed by atoms with Gasteiger partial charge in [-0.15, -0.1) is 0 Å². The van der Waals surface area contributed by atoms with Crippen molar-refractivity contribution < 1.29 is 9.13 Å². The van der Waals surface area contributed by atoms with Gasteiger partial charge in [0.15, 0.2) is 0 Å². The van der Waals surface area contributed by atoms with Crippen molar-refractivity contribution in [3.05, 3.63) is 29.6 Å². The fraction of sp³-hybridized carbons (Fsp3) is 0.400. The Morgan fingerprint density at radius 2 is 2.29 bits per heavy atom. The molecule has 0 aliphatic heterocycles. The van der Waals surface area contributed by atoms with Crippen LogP contribution in [0.25, 0.3) is 0 Å². The highest BCUT2D eigenvalue weighted by atomic mass is 32.2. The van der Waals surface area contributed by atoms with E-state index in [-0.39, 0.29) is 5.82 Å². The summed E-state index contributed by atoms with van der Waals surface area (Å²) in [5, 5.41) is 0. The van der Waals surface area contributed by atoms with Crippen LogP contribution in [0.5, 0.6) is 5.75 Å². The van der Waals surface area contributed by atoms with Gasteiger partial charge in [0.05, 0.1) is 7.11 Å². The molecule has 0 bridgehead atoms. The van der Waals surface area contributed by atoms with Crippen LogP contribution in [-0.2, 0) is 5.75 Å². The number of halogens is 1. The lowest BCUT2D eigenvalue weighted by atomic mass is 10.2. The SMILES string of the molecule is COc1ccc(F)cc1CSCCN. The zero-order valence-electron chi connectivity index (χ0n) is 8.13. The lowest BCUT2D eigenvalue weighted by molar-refractivity contribution is 0.410. The van der Waals surface area contributed by atoms with E-state index in [1.165, 1.54) is 12.1 Å². The molecule has 0 aromatic heterocycles. The third-order valence-electron chi connectivity index (χ3n) is 1.76. The largest absolute Gasteiger partial charge is 0.496 e. The molecule has 14 heavy (non-hydrogen) atoms. The molecule has 1 aromatic rings. The maximum absolute atomic E-state index is 12.9. The number of methoxy groups -OCH3 is 1. The average molecular weight is 215 g/mol. The van der Waals surface area contributed by atoms with Gasteiger partial charge in [-0.05, 0) is 18.2 Å². The average Bonchev–Trinajstić information content (AvgIpc) is 2.19. The summed E-state index contributed by atoms with van der Waals surface area (Å²) in [5.41, 5.74) is 6.25. The minimum atomic E-state index is -0.228. The fourth-order valence-corrected chi connectivity index (χ4v) is 1.88. The molecule has 0 aliphatic rings. The van der Waals surface area contributed by atoms with Crippen molar-refractivity contribution in [2.45, 2.75) is 5.75 Å². The molecule has 0 saturated heterocycles. The van der Waals surface area contributed by atoms with Crippen LogP contribution in [0.15, 0.2) is 18.2 Å². The highest BCUT2D eigenvalue weighted by Gasteiger charge is 2.03. The lowest BCUT2D eigenvalue weighted by Gasteiger charge is -2.07. The van der Waals surface area contributed by atoms with Crippen molar-refractivity contribution in [3.8, 4) is 5.75 Å². The van der Waals surface area contributed by atoms with Crippen LogP contribution in [0, 0.1) is 5.82 Å². The third-order valence-corrected chi connectivity index (χ3v) is 2.80. The summed E-state index contributed by atoms with van der Waals surface area (Å²) in [6.07, 6.45) is 0. The van der Waals surface area contributed by atoms with Crippen molar-refractivity contribution in [1.82, 2.24) is 0 Å². The quantitative estimate of drug-likeness (QED) is 0.763. The Bertz CT molecular complexity index is 293. The van der Waals surface area contributed by atoms with E-state index in [0.717, 1.165) is 22.8 Å². The molecule has 0 amide bonds. The summed E-state index contributed by atoms with van der Waals surface area (Å²) in [6.45, 7) is 0.641. The molecule has 0 atom stereocenters. The topological polar surface area (TPSA) is 35.2 Å². The first kappa shape index (κ1) is 11.3. The first-order chi connectivity index (χ1) is 6.77. The molecule has 4 heteroatoms. The molecule has 78 valence electrons. The zero-order valence-corrected chi connectivity index (χ0v) is 8.94. The van der Waals surface area contributed by atoms with Gasteiger partial charge in [0.25, 0.3) is 0 Å². The van der Waals surface area contributed by atoms with Crippen molar-refractivity contribution in [1.29, 1.82) is 0 Å². The van der Waals surface area contributed by atoms with Crippen LogP contribution in [0.2, 0.25) is 0 Å². The van der Waals surface area contributed by atoms with Crippen molar-refractivity contribution >= 4 is 11.8 Å². The van der Waals surface area contributed by atoms with Crippen LogP contribution >= 0.6 is 11.8 Å². The summed E-state index contributed by atoms with van der Waals surface area (Å²) in [5.74, 6) is 2.11. The number of thioether (sulfide) groups is 1. The Kier molecular flexibility index (Phi) is 4.76. The molecule has 0 radical (unpaired) electrons. The van der Waals surface area contributed by atoms with Gasteiger partial charge < -0.3 is 10.5 Å². The molecule has 1 aromatic carbocycles. The lowest BCUT2D eigenvalue weighted by Crippen LogP contribution is -2.01. The number of benzene rings is 1. The number of ether oxygens (including phenoxy) is 1. The predicted octanol–water partition coefficient (Wildman–Crippen LogP) is 2.03. The number of nitrogens with two attached hydrogens (primary N) is 1. The number of rotatable bonds is 5. The molecule has 0 aliphatic carbocycles. The second-order valence-corrected chi connectivity index (χ2v) is 3.90. The molecule has 0 spiro atoms. The minimum Gasteiger partial charge on any atom is -0.496 e. The van der Waals surface area contributed by atoms with E-state index in [1.54, 1.807) is 24.9 Å². The second-order valence-electron chi connectivity index (χ2n) is 2.80.